The zero-order chi connectivity index (χ0) is 23.4. The van der Waals surface area contributed by atoms with E-state index in [-0.39, 0.29) is 12.3 Å². The number of aromatic nitrogens is 2. The monoisotopic (exact) mass is 461 g/mol. The Balaban J connectivity index is 2.07. The normalized spacial score (nSPS) is 10.6. The molecule has 0 fully saturated rings. The van der Waals surface area contributed by atoms with Crippen LogP contribution in [0.3, 0.4) is 0 Å². The topological polar surface area (TPSA) is 82.3 Å². The summed E-state index contributed by atoms with van der Waals surface area (Å²) in [6, 6.07) is 24.2. The number of ketones is 1. The van der Waals surface area contributed by atoms with Crippen LogP contribution in [0.1, 0.15) is 23.0 Å². The molecule has 1 amide bonds. The molecule has 0 saturated carbocycles. The molecule has 0 aliphatic heterocycles. The van der Waals surface area contributed by atoms with Gasteiger partial charge >= 0.3 is 11.8 Å². The molecular formula is C25H20ClN3O4. The van der Waals surface area contributed by atoms with Crippen LogP contribution in [-0.2, 0) is 4.74 Å². The number of nitrogens with one attached hydrogen (secondary N) is 1. The summed E-state index contributed by atoms with van der Waals surface area (Å²) < 4.78 is 7.25. The molecule has 0 unspecified atom stereocenters. The first-order valence-electron chi connectivity index (χ1n) is 10.2. The number of carbonyl (C=O) groups is 2. The fourth-order valence-corrected chi connectivity index (χ4v) is 3.70. The second kappa shape index (κ2) is 9.58. The maximum absolute atomic E-state index is 13.7. The molecule has 1 aromatic heterocycles. The Labute approximate surface area is 194 Å². The third kappa shape index (κ3) is 4.44. The molecule has 0 radical (unpaired) electrons. The standard InChI is InChI=1S/C25H20ClN3O4/c1-2-33-24(31)27-29-22(23(30)18-12-7-4-8-13-18)21(17-10-5-3-6-11-17)28(25(29)32)20-15-9-14-19(26)16-20/h3-16H,2H2,1H3,(H,27,31). The van der Waals surface area contributed by atoms with E-state index in [1.807, 2.05) is 6.07 Å². The Hall–Kier alpha value is -4.10. The number of imidazole rings is 1. The zero-order valence-electron chi connectivity index (χ0n) is 17.7. The fraction of sp³-hybridized carbons (Fsp3) is 0.0800. The summed E-state index contributed by atoms with van der Waals surface area (Å²) in [4.78, 5) is 39.6. The lowest BCUT2D eigenvalue weighted by molar-refractivity contribution is 0.103. The van der Waals surface area contributed by atoms with Gasteiger partial charge in [-0.3, -0.25) is 9.36 Å². The molecule has 7 nitrogen and oxygen atoms in total. The molecule has 0 spiro atoms. The molecule has 3 aromatic carbocycles. The number of nitrogens with zero attached hydrogens (tertiary/aromatic N) is 2. The van der Waals surface area contributed by atoms with Crippen molar-refractivity contribution in [3.63, 3.8) is 0 Å². The maximum Gasteiger partial charge on any atom is 0.426 e. The molecule has 166 valence electrons. The van der Waals surface area contributed by atoms with Crippen LogP contribution < -0.4 is 11.1 Å². The van der Waals surface area contributed by atoms with Crippen LogP contribution in [0.4, 0.5) is 4.79 Å². The second-order valence-electron chi connectivity index (χ2n) is 7.02. The largest absolute Gasteiger partial charge is 0.449 e. The van der Waals surface area contributed by atoms with Crippen molar-refractivity contribution in [3.8, 4) is 16.9 Å². The van der Waals surface area contributed by atoms with E-state index < -0.39 is 17.6 Å². The number of benzene rings is 3. The highest BCUT2D eigenvalue weighted by molar-refractivity contribution is 6.30. The Morgan fingerprint density at radius 3 is 2.24 bits per heavy atom. The van der Waals surface area contributed by atoms with Crippen LogP contribution in [0.15, 0.2) is 89.7 Å². The first kappa shape index (κ1) is 22.1. The molecule has 4 rings (SSSR count). The predicted molar refractivity (Wildman–Crippen MR) is 127 cm³/mol. The smallest absolute Gasteiger partial charge is 0.426 e. The summed E-state index contributed by atoms with van der Waals surface area (Å²) in [5.74, 6) is -0.441. The highest BCUT2D eigenvalue weighted by Crippen LogP contribution is 2.28. The quantitative estimate of drug-likeness (QED) is 0.414. The summed E-state index contributed by atoms with van der Waals surface area (Å²) >= 11 is 6.20. The van der Waals surface area contributed by atoms with Crippen molar-refractivity contribution in [2.45, 2.75) is 6.92 Å². The average molecular weight is 462 g/mol. The van der Waals surface area contributed by atoms with Crippen LogP contribution >= 0.6 is 11.6 Å². The van der Waals surface area contributed by atoms with Crippen molar-refractivity contribution in [1.29, 1.82) is 0 Å². The van der Waals surface area contributed by atoms with Gasteiger partial charge in [0, 0.05) is 16.1 Å². The van der Waals surface area contributed by atoms with E-state index in [0.29, 0.717) is 27.5 Å². The van der Waals surface area contributed by atoms with Gasteiger partial charge in [-0.1, -0.05) is 78.3 Å². The van der Waals surface area contributed by atoms with Crippen molar-refractivity contribution in [3.05, 3.63) is 112 Å². The molecule has 8 heteroatoms. The van der Waals surface area contributed by atoms with Crippen LogP contribution in [0.5, 0.6) is 0 Å². The van der Waals surface area contributed by atoms with Gasteiger partial charge in [0.1, 0.15) is 5.69 Å². The summed E-state index contributed by atoms with van der Waals surface area (Å²) in [5.41, 5.74) is 3.48. The van der Waals surface area contributed by atoms with Crippen molar-refractivity contribution in [2.75, 3.05) is 12.0 Å². The lowest BCUT2D eigenvalue weighted by Crippen LogP contribution is -2.36. The molecule has 0 aliphatic rings. The molecule has 1 N–H and O–H groups in total. The van der Waals surface area contributed by atoms with Gasteiger partial charge in [-0.15, -0.1) is 0 Å². The van der Waals surface area contributed by atoms with E-state index in [1.165, 1.54) is 4.57 Å². The highest BCUT2D eigenvalue weighted by Gasteiger charge is 2.29. The Morgan fingerprint density at radius 2 is 1.61 bits per heavy atom. The predicted octanol–water partition coefficient (Wildman–Crippen LogP) is 4.89. The summed E-state index contributed by atoms with van der Waals surface area (Å²) in [5, 5.41) is 0.417. The van der Waals surface area contributed by atoms with Gasteiger partial charge in [0.15, 0.2) is 0 Å². The lowest BCUT2D eigenvalue weighted by atomic mass is 10.0. The third-order valence-corrected chi connectivity index (χ3v) is 5.13. The average Bonchev–Trinajstić information content (AvgIpc) is 3.11. The van der Waals surface area contributed by atoms with Gasteiger partial charge in [-0.05, 0) is 25.1 Å². The molecule has 4 aromatic rings. The van der Waals surface area contributed by atoms with E-state index in [2.05, 4.69) is 5.43 Å². The molecule has 0 saturated heterocycles. The lowest BCUT2D eigenvalue weighted by Gasteiger charge is -2.11. The number of hydrogen-bond acceptors (Lipinski definition) is 4. The number of ether oxygens (including phenoxy) is 1. The maximum atomic E-state index is 13.7. The number of rotatable bonds is 6. The van der Waals surface area contributed by atoms with Crippen LogP contribution in [0.2, 0.25) is 5.02 Å². The Bertz CT molecular complexity index is 1360. The molecule has 33 heavy (non-hydrogen) atoms. The highest BCUT2D eigenvalue weighted by atomic mass is 35.5. The second-order valence-corrected chi connectivity index (χ2v) is 7.46. The Morgan fingerprint density at radius 1 is 0.939 bits per heavy atom. The first-order chi connectivity index (χ1) is 16.0. The van der Waals surface area contributed by atoms with Crippen molar-refractivity contribution >= 4 is 23.5 Å². The van der Waals surface area contributed by atoms with Crippen molar-refractivity contribution < 1.29 is 14.3 Å². The third-order valence-electron chi connectivity index (χ3n) is 4.90. The van der Waals surface area contributed by atoms with Gasteiger partial charge in [0.05, 0.1) is 18.0 Å². The molecule has 1 heterocycles. The molecule has 0 atom stereocenters. The van der Waals surface area contributed by atoms with E-state index >= 15 is 0 Å². The molecular weight excluding hydrogens is 442 g/mol. The van der Waals surface area contributed by atoms with Gasteiger partial charge in [0.2, 0.25) is 5.78 Å². The summed E-state index contributed by atoms with van der Waals surface area (Å²) in [6.45, 7) is 1.74. The van der Waals surface area contributed by atoms with E-state index in [9.17, 15) is 14.4 Å². The van der Waals surface area contributed by atoms with Gasteiger partial charge < -0.3 is 4.74 Å². The number of hydrogen-bond donors (Lipinski definition) is 1. The van der Waals surface area contributed by atoms with Gasteiger partial charge in [-0.25, -0.2) is 15.0 Å². The van der Waals surface area contributed by atoms with E-state index in [0.717, 1.165) is 4.68 Å². The van der Waals surface area contributed by atoms with Crippen molar-refractivity contribution in [2.24, 2.45) is 0 Å². The molecule has 0 aliphatic carbocycles. The van der Waals surface area contributed by atoms with E-state index in [1.54, 1.807) is 85.8 Å². The molecule has 0 bridgehead atoms. The van der Waals surface area contributed by atoms with Crippen molar-refractivity contribution in [1.82, 2.24) is 9.24 Å². The zero-order valence-corrected chi connectivity index (χ0v) is 18.5. The number of carbonyl (C=O) groups excluding carboxylic acids is 2. The Kier molecular flexibility index (Phi) is 6.42. The number of amides is 1. The minimum Gasteiger partial charge on any atom is -0.449 e. The van der Waals surface area contributed by atoms with Gasteiger partial charge in [-0.2, -0.15) is 4.68 Å². The number of halogens is 1. The van der Waals surface area contributed by atoms with E-state index in [4.69, 9.17) is 16.3 Å². The van der Waals surface area contributed by atoms with Crippen LogP contribution in [0.25, 0.3) is 16.9 Å². The SMILES string of the molecule is CCOC(=O)Nn1c(C(=O)c2ccccc2)c(-c2ccccc2)n(-c2cccc(Cl)c2)c1=O. The first-order valence-corrected chi connectivity index (χ1v) is 10.6. The fourth-order valence-electron chi connectivity index (χ4n) is 3.51. The van der Waals surface area contributed by atoms with Crippen LogP contribution in [-0.4, -0.2) is 27.7 Å². The summed E-state index contributed by atoms with van der Waals surface area (Å²) in [6.07, 6.45) is -0.857. The summed E-state index contributed by atoms with van der Waals surface area (Å²) in [7, 11) is 0. The minimum absolute atomic E-state index is 0.00886. The minimum atomic E-state index is -0.857. The van der Waals surface area contributed by atoms with Gasteiger partial charge in [0.25, 0.3) is 0 Å². The van der Waals surface area contributed by atoms with Crippen LogP contribution in [0, 0.1) is 0 Å².